The number of nitrogens with zero attached hydrogens (tertiary/aromatic N) is 1. The molecule has 0 atom stereocenters. The molecule has 1 N–H and O–H groups in total. The maximum absolute atomic E-state index is 11.2. The van der Waals surface area contributed by atoms with Gasteiger partial charge < -0.3 is 10.1 Å². The number of fused-ring (bicyclic) bond motifs is 5. The van der Waals surface area contributed by atoms with Gasteiger partial charge in [-0.25, -0.2) is 0 Å². The van der Waals surface area contributed by atoms with Crippen molar-refractivity contribution in [3.8, 4) is 33.5 Å². The van der Waals surface area contributed by atoms with Crippen molar-refractivity contribution in [3.05, 3.63) is 90.3 Å². The summed E-state index contributed by atoms with van der Waals surface area (Å²) in [7, 11) is 0. The van der Waals surface area contributed by atoms with Crippen LogP contribution in [0.3, 0.4) is 0 Å². The minimum Gasteiger partial charge on any atom is -0.512 e. The van der Waals surface area contributed by atoms with Crippen molar-refractivity contribution >= 4 is 16.6 Å². The molecule has 5 rings (SSSR count). The van der Waals surface area contributed by atoms with E-state index >= 15 is 0 Å². The number of rotatable bonds is 5. The third-order valence-electron chi connectivity index (χ3n) is 6.88. The Morgan fingerprint density at radius 2 is 1.52 bits per heavy atom. The molecule has 4 aromatic rings. The van der Waals surface area contributed by atoms with Crippen LogP contribution in [0.4, 0.5) is 0 Å². The maximum Gasteiger partial charge on any atom is 0.159 e. The van der Waals surface area contributed by atoms with Crippen LogP contribution in [-0.4, -0.2) is 15.9 Å². The zero-order chi connectivity index (χ0) is 28.3. The van der Waals surface area contributed by atoms with Gasteiger partial charge in [-0.3, -0.25) is 4.79 Å². The summed E-state index contributed by atoms with van der Waals surface area (Å²) in [5.74, 6) is 0.979. The topological polar surface area (TPSA) is 50.2 Å². The van der Waals surface area contributed by atoms with Gasteiger partial charge in [0.15, 0.2) is 5.78 Å². The largest absolute Gasteiger partial charge is 0.512 e. The second-order valence-electron chi connectivity index (χ2n) is 12.3. The number of aromatic nitrogens is 1. The monoisotopic (exact) mass is 711 g/mol. The smallest absolute Gasteiger partial charge is 0.159 e. The first-order valence-electron chi connectivity index (χ1n) is 13.9. The molecule has 0 fully saturated rings. The van der Waals surface area contributed by atoms with Crippen LogP contribution in [0.15, 0.2) is 78.7 Å². The quantitative estimate of drug-likeness (QED) is 0.112. The van der Waals surface area contributed by atoms with Gasteiger partial charge in [0.2, 0.25) is 0 Å². The molecule has 3 nitrogen and oxygen atoms in total. The second-order valence-corrected chi connectivity index (χ2v) is 12.3. The standard InChI is InChI=1S/C25H20N.C11H20O2.Ir/c1-25(2,3)17-14-16-12-13-26-24-21-11-7-6-9-19(21)18-8-4-5-10-20(18)22(15-17)23(16)24;1-8(2)5-10(12)7-11(13)6-9(3)4;/h4-10,12-15H,1-3H3;7-9,12H,5-6H2,1-4H3;/q-1;;/b;10-7-;. The molecular weight excluding hydrogens is 671 g/mol. The molecule has 4 heteroatoms. The number of carbonyl (C=O) groups is 1. The van der Waals surface area contributed by atoms with Crippen LogP contribution in [0, 0.1) is 17.9 Å². The van der Waals surface area contributed by atoms with Crippen LogP contribution in [-0.2, 0) is 30.3 Å². The third-order valence-corrected chi connectivity index (χ3v) is 6.88. The van der Waals surface area contributed by atoms with Gasteiger partial charge in [-0.2, -0.15) is 0 Å². The van der Waals surface area contributed by atoms with Gasteiger partial charge in [-0.1, -0.05) is 96.0 Å². The molecule has 0 bridgehead atoms. The number of allylic oxidation sites excluding steroid dienone is 2. The van der Waals surface area contributed by atoms with Gasteiger partial charge in [-0.15, -0.1) is 29.8 Å². The first-order chi connectivity index (χ1) is 18.5. The molecule has 0 unspecified atom stereocenters. The second kappa shape index (κ2) is 13.1. The van der Waals surface area contributed by atoms with Crippen LogP contribution >= 0.6 is 0 Å². The molecule has 1 radical (unpaired) electrons. The summed E-state index contributed by atoms with van der Waals surface area (Å²) in [6, 6.07) is 25.2. The molecule has 0 aliphatic heterocycles. The summed E-state index contributed by atoms with van der Waals surface area (Å²) < 4.78 is 0. The van der Waals surface area contributed by atoms with E-state index in [9.17, 15) is 9.90 Å². The zero-order valence-corrected chi connectivity index (χ0v) is 27.0. The van der Waals surface area contributed by atoms with E-state index in [0.29, 0.717) is 24.7 Å². The van der Waals surface area contributed by atoms with Crippen molar-refractivity contribution in [2.45, 2.75) is 66.7 Å². The van der Waals surface area contributed by atoms with Gasteiger partial charge in [-0.05, 0) is 56.5 Å². The summed E-state index contributed by atoms with van der Waals surface area (Å²) in [5, 5.41) is 11.8. The van der Waals surface area contributed by atoms with Crippen molar-refractivity contribution in [2.75, 3.05) is 0 Å². The van der Waals surface area contributed by atoms with Crippen molar-refractivity contribution in [1.29, 1.82) is 0 Å². The number of carbonyl (C=O) groups excluding carboxylic acids is 1. The Kier molecular flexibility index (Phi) is 10.3. The maximum atomic E-state index is 11.2. The summed E-state index contributed by atoms with van der Waals surface area (Å²) in [6.45, 7) is 14.8. The minimum atomic E-state index is 0. The fourth-order valence-corrected chi connectivity index (χ4v) is 5.09. The fraction of sp³-hybridized carbons (Fsp3) is 0.333. The first-order valence-corrected chi connectivity index (χ1v) is 13.9. The summed E-state index contributed by atoms with van der Waals surface area (Å²) in [5.41, 5.74) is 8.57. The van der Waals surface area contributed by atoms with Gasteiger partial charge >= 0.3 is 0 Å². The molecule has 0 amide bonds. The molecular formula is C36H40IrNO2-. The number of hydrogen-bond donors (Lipinski definition) is 1. The van der Waals surface area contributed by atoms with Crippen molar-refractivity contribution < 1.29 is 30.0 Å². The summed E-state index contributed by atoms with van der Waals surface area (Å²) in [4.78, 5) is 16.0. The Labute approximate surface area is 253 Å². The minimum absolute atomic E-state index is 0. The predicted octanol–water partition coefficient (Wildman–Crippen LogP) is 9.73. The Hall–Kier alpha value is -3.07. The van der Waals surface area contributed by atoms with E-state index in [1.165, 1.54) is 44.7 Å². The number of aliphatic hydroxyl groups excluding tert-OH is 1. The number of ketones is 1. The SMILES string of the molecule is CC(C)(C)c1cc2c3c(nccc3c1)-c1[c-]cccc1-c1ccccc1-2.CC(C)CC(=O)/C=C(\O)CC(C)C.[Ir]. The zero-order valence-electron chi connectivity index (χ0n) is 24.6. The average Bonchev–Trinajstić information content (AvgIpc) is 2.97. The van der Waals surface area contributed by atoms with Gasteiger partial charge in [0, 0.05) is 45.2 Å². The van der Waals surface area contributed by atoms with Gasteiger partial charge in [0.1, 0.15) is 0 Å². The van der Waals surface area contributed by atoms with Crippen molar-refractivity contribution in [2.24, 2.45) is 11.8 Å². The fourth-order valence-electron chi connectivity index (χ4n) is 5.09. The Balaban J connectivity index is 0.000000272. The van der Waals surface area contributed by atoms with Crippen LogP contribution in [0.1, 0.15) is 66.9 Å². The molecule has 0 saturated heterocycles. The third kappa shape index (κ3) is 7.16. The summed E-state index contributed by atoms with van der Waals surface area (Å²) >= 11 is 0. The van der Waals surface area contributed by atoms with E-state index in [1.807, 2.05) is 40.0 Å². The summed E-state index contributed by atoms with van der Waals surface area (Å²) in [6.07, 6.45) is 4.39. The van der Waals surface area contributed by atoms with Crippen molar-refractivity contribution in [1.82, 2.24) is 4.98 Å². The molecule has 0 saturated carbocycles. The number of hydrogen-bond acceptors (Lipinski definition) is 3. The molecule has 0 spiro atoms. The van der Waals surface area contributed by atoms with Gasteiger partial charge in [0.25, 0.3) is 0 Å². The van der Waals surface area contributed by atoms with Crippen molar-refractivity contribution in [3.63, 3.8) is 0 Å². The number of pyridine rings is 1. The Morgan fingerprint density at radius 3 is 2.15 bits per heavy atom. The Bertz CT molecular complexity index is 1530. The van der Waals surface area contributed by atoms with Gasteiger partial charge in [0.05, 0.1) is 5.76 Å². The molecule has 1 aliphatic rings. The van der Waals surface area contributed by atoms with E-state index in [1.54, 1.807) is 0 Å². The van der Waals surface area contributed by atoms with Crippen LogP contribution in [0.2, 0.25) is 0 Å². The Morgan fingerprint density at radius 1 is 0.900 bits per heavy atom. The number of aliphatic hydroxyl groups is 1. The normalized spacial score (nSPS) is 12.2. The van der Waals surface area contributed by atoms with E-state index < -0.39 is 0 Å². The first kappa shape index (κ1) is 31.5. The van der Waals surface area contributed by atoms with E-state index in [-0.39, 0.29) is 37.1 Å². The molecule has 1 aromatic heterocycles. The molecule has 1 heterocycles. The van der Waals surface area contributed by atoms with E-state index in [4.69, 9.17) is 4.98 Å². The van der Waals surface area contributed by atoms with Crippen LogP contribution in [0.5, 0.6) is 0 Å². The predicted molar refractivity (Wildman–Crippen MR) is 164 cm³/mol. The molecule has 211 valence electrons. The number of benzene rings is 3. The average molecular weight is 711 g/mol. The molecule has 3 aromatic carbocycles. The van der Waals surface area contributed by atoms with E-state index in [0.717, 1.165) is 11.3 Å². The van der Waals surface area contributed by atoms with E-state index in [2.05, 4.69) is 81.4 Å². The van der Waals surface area contributed by atoms with Crippen LogP contribution in [0.25, 0.3) is 44.3 Å². The molecule has 40 heavy (non-hydrogen) atoms. The van der Waals surface area contributed by atoms with Crippen LogP contribution < -0.4 is 0 Å². The molecule has 1 aliphatic carbocycles.